The molecule has 1 aliphatic heterocycles. The third-order valence-corrected chi connectivity index (χ3v) is 7.64. The van der Waals surface area contributed by atoms with Crippen molar-refractivity contribution in [3.63, 3.8) is 0 Å². The molecule has 3 heteroatoms. The summed E-state index contributed by atoms with van der Waals surface area (Å²) in [6, 6.07) is 23.2. The lowest BCUT2D eigenvalue weighted by atomic mass is 9.85. The highest BCUT2D eigenvalue weighted by atomic mass is 19.1. The van der Waals surface area contributed by atoms with E-state index in [1.807, 2.05) is 6.07 Å². The van der Waals surface area contributed by atoms with E-state index in [4.69, 9.17) is 0 Å². The molecule has 0 amide bonds. The van der Waals surface area contributed by atoms with E-state index >= 15 is 0 Å². The molecule has 1 aliphatic carbocycles. The minimum Gasteiger partial charge on any atom is -0.303 e. The second-order valence-corrected chi connectivity index (χ2v) is 10.1. The summed E-state index contributed by atoms with van der Waals surface area (Å²) in [5.41, 5.74) is 10.2. The Hall–Kier alpha value is -2.78. The monoisotopic (exact) mass is 471 g/mol. The van der Waals surface area contributed by atoms with Crippen molar-refractivity contribution in [1.29, 1.82) is 0 Å². The third-order valence-electron chi connectivity index (χ3n) is 7.64. The zero-order chi connectivity index (χ0) is 24.2. The summed E-state index contributed by atoms with van der Waals surface area (Å²) in [6.07, 6.45) is 5.68. The first-order valence-electron chi connectivity index (χ1n) is 13.1. The number of fused-ring (bicyclic) bond motifs is 1. The summed E-state index contributed by atoms with van der Waals surface area (Å²) in [5.74, 6) is 0.505. The van der Waals surface area contributed by atoms with Crippen LogP contribution in [0.25, 0.3) is 11.1 Å². The Labute approximate surface area is 208 Å². The number of likely N-dealkylation sites (tertiary alicyclic amines) is 1. The van der Waals surface area contributed by atoms with Gasteiger partial charge < -0.3 is 4.90 Å². The molecule has 0 bridgehead atoms. The smallest absolute Gasteiger partial charge is 0.123 e. The number of aryl methyl sites for hydroxylation is 2. The lowest BCUT2D eigenvalue weighted by Gasteiger charge is -2.39. The lowest BCUT2D eigenvalue weighted by molar-refractivity contribution is 0.0968. The van der Waals surface area contributed by atoms with Gasteiger partial charge in [-0.05, 0) is 101 Å². The van der Waals surface area contributed by atoms with Gasteiger partial charge in [0.25, 0.3) is 0 Å². The zero-order valence-electron chi connectivity index (χ0n) is 20.7. The van der Waals surface area contributed by atoms with Crippen LogP contribution < -0.4 is 0 Å². The lowest BCUT2D eigenvalue weighted by Crippen LogP contribution is -2.47. The topological polar surface area (TPSA) is 3.24 Å². The number of rotatable bonds is 8. The van der Waals surface area contributed by atoms with E-state index in [0.29, 0.717) is 12.3 Å². The highest BCUT2D eigenvalue weighted by Crippen LogP contribution is 2.41. The number of halogens is 2. The van der Waals surface area contributed by atoms with Crippen LogP contribution in [0.15, 0.2) is 66.7 Å². The molecule has 0 aromatic heterocycles. The number of allylic oxidation sites excluding steroid dienone is 1. The molecule has 2 aliphatic rings. The Bertz CT molecular complexity index is 1190. The van der Waals surface area contributed by atoms with Gasteiger partial charge in [-0.1, -0.05) is 61.5 Å². The minimum atomic E-state index is -0.221. The second kappa shape index (κ2) is 10.9. The molecule has 0 radical (unpaired) electrons. The highest BCUT2D eigenvalue weighted by Gasteiger charge is 2.26. The molecule has 0 spiro atoms. The van der Waals surface area contributed by atoms with Crippen LogP contribution in [0.2, 0.25) is 0 Å². The van der Waals surface area contributed by atoms with Crippen molar-refractivity contribution in [2.24, 2.45) is 5.92 Å². The van der Waals surface area contributed by atoms with Gasteiger partial charge >= 0.3 is 0 Å². The highest BCUT2D eigenvalue weighted by molar-refractivity contribution is 6.00. The van der Waals surface area contributed by atoms with E-state index in [1.165, 1.54) is 39.0 Å². The molecule has 5 rings (SSSR count). The van der Waals surface area contributed by atoms with Crippen molar-refractivity contribution < 1.29 is 8.78 Å². The molecule has 35 heavy (non-hydrogen) atoms. The minimum absolute atomic E-state index is 0.162. The third kappa shape index (κ3) is 5.26. The molecular formula is C32H35F2N. The van der Waals surface area contributed by atoms with E-state index in [-0.39, 0.29) is 12.5 Å². The molecule has 1 fully saturated rings. The van der Waals surface area contributed by atoms with Crippen LogP contribution in [0.1, 0.15) is 59.6 Å². The standard InChI is InChI=1S/C32H35F2N/c1-2-25-20-28(34)15-16-29(25)31-10-5-8-26-7-3-4-9-30(26)32(31)27-13-11-23(12-14-27)19-24-21-35(22-24)18-6-17-33/h3-4,7,9,11-16,20,24H,2,5-6,8,10,17-19,21-22H2,1H3. The van der Waals surface area contributed by atoms with Crippen molar-refractivity contribution in [1.82, 2.24) is 4.90 Å². The van der Waals surface area contributed by atoms with Crippen molar-refractivity contribution in [2.45, 2.75) is 45.4 Å². The second-order valence-electron chi connectivity index (χ2n) is 10.1. The largest absolute Gasteiger partial charge is 0.303 e. The summed E-state index contributed by atoms with van der Waals surface area (Å²) in [5, 5.41) is 0. The van der Waals surface area contributed by atoms with Crippen molar-refractivity contribution in [3.8, 4) is 0 Å². The van der Waals surface area contributed by atoms with Crippen LogP contribution in [0.3, 0.4) is 0 Å². The van der Waals surface area contributed by atoms with Crippen LogP contribution in [0.5, 0.6) is 0 Å². The molecule has 3 aromatic carbocycles. The molecule has 1 saturated heterocycles. The van der Waals surface area contributed by atoms with Crippen LogP contribution >= 0.6 is 0 Å². The van der Waals surface area contributed by atoms with Gasteiger partial charge in [0.15, 0.2) is 0 Å². The average molecular weight is 472 g/mol. The Morgan fingerprint density at radius 3 is 2.49 bits per heavy atom. The normalized spacial score (nSPS) is 16.7. The molecule has 1 nitrogen and oxygen atoms in total. The molecule has 0 N–H and O–H groups in total. The van der Waals surface area contributed by atoms with E-state index in [0.717, 1.165) is 57.3 Å². The van der Waals surface area contributed by atoms with E-state index in [1.54, 1.807) is 12.1 Å². The number of hydrogen-bond donors (Lipinski definition) is 0. The van der Waals surface area contributed by atoms with Crippen LogP contribution in [0.4, 0.5) is 8.78 Å². The predicted octanol–water partition coefficient (Wildman–Crippen LogP) is 7.52. The van der Waals surface area contributed by atoms with Gasteiger partial charge in [0.05, 0.1) is 6.67 Å². The average Bonchev–Trinajstić information content (AvgIpc) is 3.05. The van der Waals surface area contributed by atoms with Gasteiger partial charge in [-0.25, -0.2) is 4.39 Å². The van der Waals surface area contributed by atoms with Crippen molar-refractivity contribution in [3.05, 3.63) is 106 Å². The van der Waals surface area contributed by atoms with E-state index in [9.17, 15) is 8.78 Å². The van der Waals surface area contributed by atoms with Crippen molar-refractivity contribution in [2.75, 3.05) is 26.3 Å². The maximum Gasteiger partial charge on any atom is 0.123 e. The van der Waals surface area contributed by atoms with Gasteiger partial charge in [0.1, 0.15) is 5.82 Å². The molecule has 3 aromatic rings. The van der Waals surface area contributed by atoms with Gasteiger partial charge in [-0.3, -0.25) is 4.39 Å². The summed E-state index contributed by atoms with van der Waals surface area (Å²) in [7, 11) is 0. The van der Waals surface area contributed by atoms with E-state index < -0.39 is 0 Å². The first-order valence-corrected chi connectivity index (χ1v) is 13.1. The molecular weight excluding hydrogens is 436 g/mol. The molecule has 0 unspecified atom stereocenters. The van der Waals surface area contributed by atoms with E-state index in [2.05, 4.69) is 60.4 Å². The quantitative estimate of drug-likeness (QED) is 0.328. The Morgan fingerprint density at radius 2 is 1.71 bits per heavy atom. The fourth-order valence-electron chi connectivity index (χ4n) is 5.89. The van der Waals surface area contributed by atoms with Gasteiger partial charge in [-0.2, -0.15) is 0 Å². The van der Waals surface area contributed by atoms with Crippen LogP contribution in [-0.4, -0.2) is 31.2 Å². The predicted molar refractivity (Wildman–Crippen MR) is 142 cm³/mol. The molecule has 0 saturated carbocycles. The number of benzene rings is 3. The number of alkyl halides is 1. The fraction of sp³-hybridized carbons (Fsp3) is 0.375. The number of nitrogens with zero attached hydrogens (tertiary/aromatic N) is 1. The van der Waals surface area contributed by atoms with Gasteiger partial charge in [0, 0.05) is 19.6 Å². The Morgan fingerprint density at radius 1 is 0.914 bits per heavy atom. The molecule has 1 heterocycles. The zero-order valence-corrected chi connectivity index (χ0v) is 20.7. The number of hydrogen-bond acceptors (Lipinski definition) is 1. The fourth-order valence-corrected chi connectivity index (χ4v) is 5.89. The first kappa shape index (κ1) is 23.9. The molecule has 0 atom stereocenters. The maximum atomic E-state index is 14.1. The van der Waals surface area contributed by atoms with Crippen molar-refractivity contribution >= 4 is 11.1 Å². The Kier molecular flexibility index (Phi) is 7.43. The molecule has 182 valence electrons. The SMILES string of the molecule is CCc1cc(F)ccc1C1=C(c2ccc(CC3CN(CCCF)C3)cc2)c2ccccc2CCC1. The summed E-state index contributed by atoms with van der Waals surface area (Å²) in [4.78, 5) is 2.35. The van der Waals surface area contributed by atoms with Gasteiger partial charge in [0.2, 0.25) is 0 Å². The first-order chi connectivity index (χ1) is 17.2. The van der Waals surface area contributed by atoms with Crippen LogP contribution in [0, 0.1) is 11.7 Å². The Balaban J connectivity index is 1.48. The van der Waals surface area contributed by atoms with Crippen LogP contribution in [-0.2, 0) is 19.3 Å². The van der Waals surface area contributed by atoms with Gasteiger partial charge in [-0.15, -0.1) is 0 Å². The summed E-state index contributed by atoms with van der Waals surface area (Å²) >= 11 is 0. The maximum absolute atomic E-state index is 14.1. The summed E-state index contributed by atoms with van der Waals surface area (Å²) in [6.45, 7) is 4.92. The summed E-state index contributed by atoms with van der Waals surface area (Å²) < 4.78 is 26.5.